The highest BCUT2D eigenvalue weighted by Gasteiger charge is 2.18. The molecule has 0 heterocycles. The second kappa shape index (κ2) is 11.1. The summed E-state index contributed by atoms with van der Waals surface area (Å²) in [5, 5.41) is 0. The van der Waals surface area contributed by atoms with E-state index in [2.05, 4.69) is 43.0 Å². The lowest BCUT2D eigenvalue weighted by Gasteiger charge is -2.27. The molecule has 152 valence electrons. The van der Waals surface area contributed by atoms with E-state index in [-0.39, 0.29) is 0 Å². The Morgan fingerprint density at radius 3 is 2.19 bits per heavy atom. The van der Waals surface area contributed by atoms with E-state index in [9.17, 15) is 0 Å². The van der Waals surface area contributed by atoms with Gasteiger partial charge in [0.2, 0.25) is 0 Å². The SMILES string of the molecule is CCN(CCCCCC1CCC(C)CC1)c1ccc(C2CCCCC2)cc1. The van der Waals surface area contributed by atoms with Crippen LogP contribution >= 0.6 is 0 Å². The molecule has 3 rings (SSSR count). The maximum absolute atomic E-state index is 2.58. The molecule has 0 atom stereocenters. The molecule has 0 aliphatic heterocycles. The Morgan fingerprint density at radius 1 is 0.815 bits per heavy atom. The molecule has 1 heteroatoms. The van der Waals surface area contributed by atoms with Crippen LogP contribution in [0.5, 0.6) is 0 Å². The zero-order chi connectivity index (χ0) is 18.9. The zero-order valence-corrected chi connectivity index (χ0v) is 18.1. The van der Waals surface area contributed by atoms with Crippen LogP contribution in [0.3, 0.4) is 0 Å². The molecular weight excluding hydrogens is 326 g/mol. The van der Waals surface area contributed by atoms with Crippen LogP contribution in [0.4, 0.5) is 5.69 Å². The summed E-state index contributed by atoms with van der Waals surface area (Å²) in [6.07, 6.45) is 18.7. The molecule has 1 aromatic carbocycles. The monoisotopic (exact) mass is 369 g/mol. The third-order valence-electron chi connectivity index (χ3n) is 7.39. The van der Waals surface area contributed by atoms with Crippen molar-refractivity contribution in [2.45, 2.75) is 103 Å². The predicted molar refractivity (Wildman–Crippen MR) is 120 cm³/mol. The number of nitrogens with zero attached hydrogens (tertiary/aromatic N) is 1. The summed E-state index contributed by atoms with van der Waals surface area (Å²) in [7, 11) is 0. The molecule has 2 fully saturated rings. The first-order chi connectivity index (χ1) is 13.3. The summed E-state index contributed by atoms with van der Waals surface area (Å²) < 4.78 is 0. The summed E-state index contributed by atoms with van der Waals surface area (Å²) >= 11 is 0. The Labute approximate surface area is 168 Å². The van der Waals surface area contributed by atoms with Crippen molar-refractivity contribution in [1.82, 2.24) is 0 Å². The Bertz CT molecular complexity index is 506. The van der Waals surface area contributed by atoms with Gasteiger partial charge in [-0.25, -0.2) is 0 Å². The number of rotatable bonds is 9. The van der Waals surface area contributed by atoms with Crippen molar-refractivity contribution in [3.05, 3.63) is 29.8 Å². The lowest BCUT2D eigenvalue weighted by atomic mass is 9.80. The number of hydrogen-bond acceptors (Lipinski definition) is 1. The van der Waals surface area contributed by atoms with E-state index < -0.39 is 0 Å². The van der Waals surface area contributed by atoms with Crippen LogP contribution in [-0.2, 0) is 0 Å². The maximum Gasteiger partial charge on any atom is 0.0366 e. The van der Waals surface area contributed by atoms with E-state index in [1.807, 2.05) is 0 Å². The molecule has 27 heavy (non-hydrogen) atoms. The van der Waals surface area contributed by atoms with E-state index in [4.69, 9.17) is 0 Å². The van der Waals surface area contributed by atoms with Gasteiger partial charge >= 0.3 is 0 Å². The third-order valence-corrected chi connectivity index (χ3v) is 7.39. The molecule has 0 amide bonds. The fraction of sp³-hybridized carbons (Fsp3) is 0.769. The maximum atomic E-state index is 2.58. The van der Waals surface area contributed by atoms with Gasteiger partial charge in [0.15, 0.2) is 0 Å². The van der Waals surface area contributed by atoms with Gasteiger partial charge in [-0.3, -0.25) is 0 Å². The van der Waals surface area contributed by atoms with Crippen molar-refractivity contribution in [2.75, 3.05) is 18.0 Å². The molecular formula is C26H43N. The summed E-state index contributed by atoms with van der Waals surface area (Å²) in [5.74, 6) is 2.85. The van der Waals surface area contributed by atoms with E-state index >= 15 is 0 Å². The molecule has 2 saturated carbocycles. The molecule has 0 radical (unpaired) electrons. The summed E-state index contributed by atoms with van der Waals surface area (Å²) in [6, 6.07) is 9.60. The molecule has 2 aliphatic rings. The van der Waals surface area contributed by atoms with Crippen LogP contribution in [0, 0.1) is 11.8 Å². The summed E-state index contributed by atoms with van der Waals surface area (Å²) in [6.45, 7) is 7.08. The quantitative estimate of drug-likeness (QED) is 0.399. The van der Waals surface area contributed by atoms with Crippen molar-refractivity contribution in [3.63, 3.8) is 0 Å². The van der Waals surface area contributed by atoms with E-state index in [1.54, 1.807) is 5.56 Å². The largest absolute Gasteiger partial charge is 0.372 e. The van der Waals surface area contributed by atoms with Gasteiger partial charge in [-0.1, -0.05) is 83.3 Å². The van der Waals surface area contributed by atoms with Gasteiger partial charge < -0.3 is 4.90 Å². The topological polar surface area (TPSA) is 3.24 Å². The first-order valence-corrected chi connectivity index (χ1v) is 12.1. The summed E-state index contributed by atoms with van der Waals surface area (Å²) in [5.41, 5.74) is 3.01. The minimum absolute atomic E-state index is 0.825. The fourth-order valence-electron chi connectivity index (χ4n) is 5.39. The van der Waals surface area contributed by atoms with Crippen LogP contribution in [0.25, 0.3) is 0 Å². The van der Waals surface area contributed by atoms with Crippen molar-refractivity contribution in [3.8, 4) is 0 Å². The molecule has 0 N–H and O–H groups in total. The van der Waals surface area contributed by atoms with Crippen molar-refractivity contribution in [1.29, 1.82) is 0 Å². The van der Waals surface area contributed by atoms with Crippen LogP contribution in [0.15, 0.2) is 24.3 Å². The Hall–Kier alpha value is -0.980. The molecule has 2 aliphatic carbocycles. The van der Waals surface area contributed by atoms with Crippen molar-refractivity contribution < 1.29 is 0 Å². The standard InChI is InChI=1S/C26H43N/c1-3-27(21-9-5-6-10-23-15-13-22(2)14-16-23)26-19-17-25(18-20-26)24-11-7-4-8-12-24/h17-20,22-24H,3-16,21H2,1-2H3. The molecule has 1 aromatic rings. The highest BCUT2D eigenvalue weighted by Crippen LogP contribution is 2.34. The second-order valence-electron chi connectivity index (χ2n) is 9.48. The average molecular weight is 370 g/mol. The van der Waals surface area contributed by atoms with E-state index in [1.165, 1.54) is 95.7 Å². The third kappa shape index (κ3) is 6.54. The van der Waals surface area contributed by atoms with Crippen LogP contribution in [-0.4, -0.2) is 13.1 Å². The van der Waals surface area contributed by atoms with Crippen molar-refractivity contribution >= 4 is 5.69 Å². The van der Waals surface area contributed by atoms with Gasteiger partial charge in [-0.05, 0) is 61.6 Å². The van der Waals surface area contributed by atoms with Gasteiger partial charge in [0, 0.05) is 18.8 Å². The molecule has 0 unspecified atom stereocenters. The lowest BCUT2D eigenvalue weighted by Crippen LogP contribution is -2.24. The number of anilines is 1. The highest BCUT2D eigenvalue weighted by molar-refractivity contribution is 5.48. The Kier molecular flexibility index (Phi) is 8.55. The normalized spacial score (nSPS) is 24.1. The van der Waals surface area contributed by atoms with Gasteiger partial charge in [-0.15, -0.1) is 0 Å². The number of benzene rings is 1. The minimum Gasteiger partial charge on any atom is -0.372 e. The first-order valence-electron chi connectivity index (χ1n) is 12.1. The molecule has 0 spiro atoms. The van der Waals surface area contributed by atoms with Gasteiger partial charge in [-0.2, -0.15) is 0 Å². The van der Waals surface area contributed by atoms with Gasteiger partial charge in [0.1, 0.15) is 0 Å². The Balaban J connectivity index is 1.36. The van der Waals surface area contributed by atoms with Crippen LogP contribution in [0.2, 0.25) is 0 Å². The molecule has 0 aromatic heterocycles. The lowest BCUT2D eigenvalue weighted by molar-refractivity contribution is 0.272. The molecule has 0 saturated heterocycles. The Morgan fingerprint density at radius 2 is 1.52 bits per heavy atom. The van der Waals surface area contributed by atoms with E-state index in [0.717, 1.165) is 24.3 Å². The fourth-order valence-corrected chi connectivity index (χ4v) is 5.39. The van der Waals surface area contributed by atoms with Gasteiger partial charge in [0.25, 0.3) is 0 Å². The highest BCUT2D eigenvalue weighted by atomic mass is 15.1. The van der Waals surface area contributed by atoms with E-state index in [0.29, 0.717) is 0 Å². The zero-order valence-electron chi connectivity index (χ0n) is 18.1. The average Bonchev–Trinajstić information content (AvgIpc) is 2.73. The smallest absolute Gasteiger partial charge is 0.0366 e. The van der Waals surface area contributed by atoms with Crippen LogP contribution < -0.4 is 4.90 Å². The predicted octanol–water partition coefficient (Wildman–Crippen LogP) is 7.95. The first kappa shape index (κ1) is 20.7. The number of unbranched alkanes of at least 4 members (excludes halogenated alkanes) is 2. The van der Waals surface area contributed by atoms with Crippen molar-refractivity contribution in [2.24, 2.45) is 11.8 Å². The summed E-state index contributed by atoms with van der Waals surface area (Å²) in [4.78, 5) is 2.58. The number of hydrogen-bond donors (Lipinski definition) is 0. The minimum atomic E-state index is 0.825. The van der Waals surface area contributed by atoms with Crippen LogP contribution in [0.1, 0.15) is 109 Å². The second-order valence-corrected chi connectivity index (χ2v) is 9.48. The van der Waals surface area contributed by atoms with Gasteiger partial charge in [0.05, 0.1) is 0 Å². The molecule has 0 bridgehead atoms. The molecule has 1 nitrogen and oxygen atoms in total.